The number of hydrogen-bond donors (Lipinski definition) is 0. The third kappa shape index (κ3) is 4.78. The number of nitrogens with zero attached hydrogens (tertiary/aromatic N) is 3. The number of thiazole rings is 1. The van der Waals surface area contributed by atoms with E-state index in [1.807, 2.05) is 60.1 Å². The van der Waals surface area contributed by atoms with Crippen molar-refractivity contribution >= 4 is 39.9 Å². The molecule has 0 unspecified atom stereocenters. The van der Waals surface area contributed by atoms with Crippen LogP contribution in [-0.2, 0) is 13.1 Å². The van der Waals surface area contributed by atoms with E-state index in [9.17, 15) is 4.79 Å². The van der Waals surface area contributed by atoms with E-state index >= 15 is 0 Å². The zero-order chi connectivity index (χ0) is 25.2. The molecule has 4 nitrogen and oxygen atoms in total. The number of pyridine rings is 1. The molecule has 0 fully saturated rings. The smallest absolute Gasteiger partial charge is 0.272 e. The van der Waals surface area contributed by atoms with E-state index in [0.29, 0.717) is 6.54 Å². The maximum atomic E-state index is 13.9. The van der Waals surface area contributed by atoms with Crippen LogP contribution in [-0.4, -0.2) is 11.6 Å². The minimum Gasteiger partial charge on any atom is -0.337 e. The van der Waals surface area contributed by atoms with Crippen molar-refractivity contribution < 1.29 is 4.57 Å². The van der Waals surface area contributed by atoms with Gasteiger partial charge in [-0.1, -0.05) is 84.6 Å². The fourth-order valence-corrected chi connectivity index (χ4v) is 6.95. The van der Waals surface area contributed by atoms with Gasteiger partial charge in [-0.05, 0) is 23.8 Å². The van der Waals surface area contributed by atoms with Crippen molar-refractivity contribution in [1.82, 2.24) is 4.57 Å². The maximum Gasteiger partial charge on any atom is 0.272 e. The van der Waals surface area contributed by atoms with Gasteiger partial charge in [-0.2, -0.15) is 4.57 Å². The Bertz CT molecular complexity index is 1740. The summed E-state index contributed by atoms with van der Waals surface area (Å²) in [6.45, 7) is 1.29. The number of hydrogen-bond acceptors (Lipinski definition) is 4. The second-order valence-electron chi connectivity index (χ2n) is 8.96. The molecule has 3 heterocycles. The van der Waals surface area contributed by atoms with Gasteiger partial charge in [-0.25, -0.2) is 0 Å². The second-order valence-corrected chi connectivity index (χ2v) is 11.0. The van der Waals surface area contributed by atoms with Gasteiger partial charge in [0.1, 0.15) is 14.2 Å². The summed E-state index contributed by atoms with van der Waals surface area (Å²) in [5.74, 6) is 0. The van der Waals surface area contributed by atoms with Crippen molar-refractivity contribution in [2.75, 3.05) is 11.9 Å². The van der Waals surface area contributed by atoms with Gasteiger partial charge in [0, 0.05) is 35.7 Å². The van der Waals surface area contributed by atoms with Crippen LogP contribution >= 0.6 is 23.1 Å². The van der Waals surface area contributed by atoms with Gasteiger partial charge in [0.2, 0.25) is 5.69 Å². The first-order valence-corrected chi connectivity index (χ1v) is 13.8. The molecule has 0 saturated heterocycles. The molecule has 6 heteroatoms. The van der Waals surface area contributed by atoms with E-state index < -0.39 is 0 Å². The normalized spacial score (nSPS) is 14.7. The number of fused-ring (bicyclic) bond motifs is 1. The fraction of sp³-hybridized carbons (Fsp3) is 0.0968. The van der Waals surface area contributed by atoms with Gasteiger partial charge < -0.3 is 4.90 Å². The van der Waals surface area contributed by atoms with Crippen LogP contribution in [0, 0.1) is 0 Å². The summed E-state index contributed by atoms with van der Waals surface area (Å²) in [4.78, 5) is 17.2. The number of rotatable bonds is 5. The van der Waals surface area contributed by atoms with Crippen molar-refractivity contribution in [3.63, 3.8) is 0 Å². The second kappa shape index (κ2) is 10.2. The van der Waals surface area contributed by atoms with Gasteiger partial charge in [0.25, 0.3) is 5.56 Å². The van der Waals surface area contributed by atoms with Crippen LogP contribution in [0.1, 0.15) is 16.8 Å². The third-order valence-corrected chi connectivity index (χ3v) is 8.96. The van der Waals surface area contributed by atoms with Crippen molar-refractivity contribution in [2.45, 2.75) is 18.0 Å². The predicted octanol–water partition coefficient (Wildman–Crippen LogP) is 4.43. The fourth-order valence-electron chi connectivity index (χ4n) is 4.56. The molecule has 0 bridgehead atoms. The Kier molecular flexibility index (Phi) is 6.51. The van der Waals surface area contributed by atoms with Gasteiger partial charge in [-0.15, -0.1) is 11.3 Å². The summed E-state index contributed by atoms with van der Waals surface area (Å²) in [5.41, 5.74) is 4.59. The van der Waals surface area contributed by atoms with Crippen molar-refractivity contribution in [1.29, 1.82) is 0 Å². The number of anilines is 1. The molecule has 0 aliphatic carbocycles. The monoisotopic (exact) mass is 520 g/mol. The zero-order valence-corrected chi connectivity index (χ0v) is 22.1. The molecule has 1 aliphatic rings. The van der Waals surface area contributed by atoms with E-state index in [0.717, 1.165) is 37.7 Å². The molecule has 1 aliphatic heterocycles. The van der Waals surface area contributed by atoms with Gasteiger partial charge in [0.05, 0.1) is 12.2 Å². The molecular formula is C31H26N3OS2+. The summed E-state index contributed by atoms with van der Waals surface area (Å²) < 4.78 is 5.86. The summed E-state index contributed by atoms with van der Waals surface area (Å²) >= 11 is 3.24. The average molecular weight is 521 g/mol. The highest BCUT2D eigenvalue weighted by Gasteiger charge is 2.24. The topological polar surface area (TPSA) is 29.1 Å². The lowest BCUT2D eigenvalue weighted by Gasteiger charge is -2.11. The molecule has 0 amide bonds. The summed E-state index contributed by atoms with van der Waals surface area (Å²) in [5, 5.41) is 0.989. The lowest BCUT2D eigenvalue weighted by Crippen LogP contribution is -2.38. The van der Waals surface area contributed by atoms with Gasteiger partial charge in [0.15, 0.2) is 12.7 Å². The lowest BCUT2D eigenvalue weighted by atomic mass is 10.2. The maximum absolute atomic E-state index is 13.9. The highest BCUT2D eigenvalue weighted by Crippen LogP contribution is 2.44. The van der Waals surface area contributed by atoms with E-state index in [1.54, 1.807) is 23.1 Å². The van der Waals surface area contributed by atoms with E-state index in [1.165, 1.54) is 10.5 Å². The van der Waals surface area contributed by atoms with Gasteiger partial charge >= 0.3 is 0 Å². The molecule has 0 saturated carbocycles. The van der Waals surface area contributed by atoms with E-state index in [4.69, 9.17) is 0 Å². The molecule has 0 spiro atoms. The third-order valence-electron chi connectivity index (χ3n) is 6.47. The largest absolute Gasteiger partial charge is 0.337 e. The van der Waals surface area contributed by atoms with Crippen molar-refractivity contribution in [2.24, 2.45) is 0 Å². The van der Waals surface area contributed by atoms with Crippen LogP contribution in [0.5, 0.6) is 0 Å². The van der Waals surface area contributed by atoms with E-state index in [-0.39, 0.29) is 5.56 Å². The minimum atomic E-state index is 0.0489. The Hall–Kier alpha value is -3.87. The lowest BCUT2D eigenvalue weighted by molar-refractivity contribution is -0.690. The first-order valence-electron chi connectivity index (χ1n) is 12.2. The summed E-state index contributed by atoms with van der Waals surface area (Å²) in [7, 11) is 2.04. The molecule has 182 valence electrons. The first kappa shape index (κ1) is 23.5. The molecule has 0 atom stereocenters. The molecule has 2 aromatic heterocycles. The van der Waals surface area contributed by atoms with Crippen molar-refractivity contribution in [3.05, 3.63) is 146 Å². The number of para-hydroxylation sites is 1. The summed E-state index contributed by atoms with van der Waals surface area (Å²) in [6.07, 6.45) is 4.24. The molecule has 0 N–H and O–H groups in total. The van der Waals surface area contributed by atoms with Gasteiger partial charge in [-0.3, -0.25) is 9.36 Å². The Labute approximate surface area is 224 Å². The Balaban J connectivity index is 1.52. The number of thioether (sulfide) groups is 1. The molecule has 3 aromatic carbocycles. The van der Waals surface area contributed by atoms with Crippen LogP contribution in [0.4, 0.5) is 5.69 Å². The number of benzene rings is 3. The molecular weight excluding hydrogens is 494 g/mol. The average Bonchev–Trinajstić information content (AvgIpc) is 3.42. The Morgan fingerprint density at radius 1 is 0.811 bits per heavy atom. The minimum absolute atomic E-state index is 0.0489. The SMILES string of the molecule is CN1/C(=c2\s/c(=C\c3cccc[n+]3Cc3ccccc3)n(Cc3ccccc3)c2=O)Sc2ccccc21. The predicted molar refractivity (Wildman–Crippen MR) is 153 cm³/mol. The Morgan fingerprint density at radius 3 is 2.24 bits per heavy atom. The van der Waals surface area contributed by atoms with Crippen molar-refractivity contribution in [3.8, 4) is 0 Å². The molecule has 6 rings (SSSR count). The van der Waals surface area contributed by atoms with Crippen LogP contribution < -0.4 is 24.2 Å². The highest BCUT2D eigenvalue weighted by atomic mass is 32.2. The Morgan fingerprint density at radius 2 is 1.49 bits per heavy atom. The molecule has 0 radical (unpaired) electrons. The van der Waals surface area contributed by atoms with Crippen LogP contribution in [0.25, 0.3) is 11.1 Å². The van der Waals surface area contributed by atoms with E-state index in [2.05, 4.69) is 76.3 Å². The van der Waals surface area contributed by atoms with Crippen LogP contribution in [0.2, 0.25) is 0 Å². The standard InChI is InChI=1S/C31H26N3OS2/c1-32-26-17-8-9-18-27(26)36-31(32)29-30(35)34(22-24-14-6-3-7-15-24)28(37-29)20-25-16-10-11-19-33(25)21-23-12-4-2-5-13-23/h2-20H,21-22H2,1H3/q+1/b31-29+. The quantitative estimate of drug-likeness (QED) is 0.321. The highest BCUT2D eigenvalue weighted by molar-refractivity contribution is 8.08. The summed E-state index contributed by atoms with van der Waals surface area (Å²) in [6, 6.07) is 35.2. The zero-order valence-electron chi connectivity index (χ0n) is 20.5. The first-order chi connectivity index (χ1) is 18.2. The number of aromatic nitrogens is 2. The van der Waals surface area contributed by atoms with Crippen LogP contribution in [0.3, 0.4) is 0 Å². The molecule has 5 aromatic rings. The van der Waals surface area contributed by atoms with Crippen LogP contribution in [0.15, 0.2) is 119 Å². The molecule has 37 heavy (non-hydrogen) atoms.